The summed E-state index contributed by atoms with van der Waals surface area (Å²) in [5.41, 5.74) is 5.48. The van der Waals surface area contributed by atoms with Crippen LogP contribution >= 0.6 is 0 Å². The zero-order chi connectivity index (χ0) is 15.2. The van der Waals surface area contributed by atoms with Crippen LogP contribution in [0, 0.1) is 5.92 Å². The van der Waals surface area contributed by atoms with E-state index in [1.165, 1.54) is 0 Å². The third-order valence-electron chi connectivity index (χ3n) is 3.43. The van der Waals surface area contributed by atoms with Gasteiger partial charge in [0.05, 0.1) is 18.6 Å². The predicted molar refractivity (Wildman–Crippen MR) is 80.3 cm³/mol. The summed E-state index contributed by atoms with van der Waals surface area (Å²) in [6.45, 7) is 9.94. The predicted octanol–water partition coefficient (Wildman–Crippen LogP) is 2.81. The van der Waals surface area contributed by atoms with E-state index in [9.17, 15) is 4.79 Å². The molecule has 0 aliphatic heterocycles. The maximum Gasteiger partial charge on any atom is 0.309 e. The summed E-state index contributed by atoms with van der Waals surface area (Å²) < 4.78 is 11.2. The second-order valence-corrected chi connectivity index (χ2v) is 6.62. The van der Waals surface area contributed by atoms with Gasteiger partial charge < -0.3 is 15.2 Å². The van der Waals surface area contributed by atoms with E-state index >= 15 is 0 Å². The summed E-state index contributed by atoms with van der Waals surface area (Å²) in [6, 6.07) is 0.0241. The molecular weight excluding hydrogens is 254 g/mol. The van der Waals surface area contributed by atoms with Crippen LogP contribution in [0.15, 0.2) is 12.7 Å². The fourth-order valence-electron chi connectivity index (χ4n) is 2.39. The van der Waals surface area contributed by atoms with E-state index in [4.69, 9.17) is 15.2 Å². The van der Waals surface area contributed by atoms with Crippen LogP contribution in [0.2, 0.25) is 0 Å². The fraction of sp³-hybridized carbons (Fsp3) is 0.812. The van der Waals surface area contributed by atoms with Gasteiger partial charge >= 0.3 is 5.97 Å². The molecule has 0 bridgehead atoms. The van der Waals surface area contributed by atoms with Crippen LogP contribution in [-0.4, -0.2) is 30.3 Å². The molecule has 20 heavy (non-hydrogen) atoms. The Labute approximate surface area is 122 Å². The number of ether oxygens (including phenoxy) is 2. The Hall–Kier alpha value is -0.870. The Morgan fingerprint density at radius 1 is 1.35 bits per heavy atom. The van der Waals surface area contributed by atoms with Gasteiger partial charge in [0.25, 0.3) is 0 Å². The third-order valence-corrected chi connectivity index (χ3v) is 3.43. The number of esters is 1. The number of nitrogens with two attached hydrogens (primary N) is 1. The summed E-state index contributed by atoms with van der Waals surface area (Å²) in [5.74, 6) is -0.0461. The zero-order valence-corrected chi connectivity index (χ0v) is 13.1. The first-order chi connectivity index (χ1) is 9.31. The normalized spacial score (nSPS) is 25.0. The number of hydrogen-bond acceptors (Lipinski definition) is 4. The number of carbonyl (C=O) groups is 1. The van der Waals surface area contributed by atoms with Gasteiger partial charge in [0.1, 0.15) is 5.60 Å². The molecule has 4 nitrogen and oxygen atoms in total. The molecule has 2 N–H and O–H groups in total. The van der Waals surface area contributed by atoms with Gasteiger partial charge in [0, 0.05) is 6.04 Å². The minimum atomic E-state index is -0.401. The lowest BCUT2D eigenvalue weighted by molar-refractivity contribution is -0.162. The van der Waals surface area contributed by atoms with Gasteiger partial charge in [-0.05, 0) is 52.9 Å². The van der Waals surface area contributed by atoms with Gasteiger partial charge in [0.15, 0.2) is 0 Å². The highest BCUT2D eigenvalue weighted by atomic mass is 16.6. The molecule has 116 valence electrons. The molecule has 1 aliphatic carbocycles. The lowest BCUT2D eigenvalue weighted by Crippen LogP contribution is -2.34. The Kier molecular flexibility index (Phi) is 6.69. The highest BCUT2D eigenvalue weighted by Gasteiger charge is 2.30. The van der Waals surface area contributed by atoms with Crippen LogP contribution in [0.1, 0.15) is 52.9 Å². The van der Waals surface area contributed by atoms with Gasteiger partial charge in [-0.25, -0.2) is 0 Å². The average molecular weight is 283 g/mol. The van der Waals surface area contributed by atoms with E-state index < -0.39 is 5.60 Å². The van der Waals surface area contributed by atoms with Crippen molar-refractivity contribution < 1.29 is 14.3 Å². The van der Waals surface area contributed by atoms with Crippen molar-refractivity contribution in [1.82, 2.24) is 0 Å². The average Bonchev–Trinajstić information content (AvgIpc) is 2.35. The van der Waals surface area contributed by atoms with E-state index in [1.807, 2.05) is 26.8 Å². The van der Waals surface area contributed by atoms with Crippen molar-refractivity contribution in [2.75, 3.05) is 6.61 Å². The third kappa shape index (κ3) is 6.53. The van der Waals surface area contributed by atoms with Crippen LogP contribution in [0.25, 0.3) is 0 Å². The van der Waals surface area contributed by atoms with Crippen molar-refractivity contribution in [3.05, 3.63) is 12.7 Å². The standard InChI is InChI=1S/C16H29NO3/c1-5-6-13(17)11-19-14-9-7-12(8-10-14)15(18)20-16(2,3)4/h5,12-14H,1,6-11,17H2,2-4H3/t12?,13-,14?/m0/s1. The Balaban J connectivity index is 2.26. The summed E-state index contributed by atoms with van der Waals surface area (Å²) in [7, 11) is 0. The van der Waals surface area contributed by atoms with Gasteiger partial charge in [-0.1, -0.05) is 6.08 Å². The van der Waals surface area contributed by atoms with Gasteiger partial charge in [-0.2, -0.15) is 0 Å². The van der Waals surface area contributed by atoms with Crippen molar-refractivity contribution >= 4 is 5.97 Å². The molecule has 1 fully saturated rings. The first kappa shape index (κ1) is 17.2. The van der Waals surface area contributed by atoms with Gasteiger partial charge in [-0.3, -0.25) is 4.79 Å². The first-order valence-electron chi connectivity index (χ1n) is 7.52. The fourth-order valence-corrected chi connectivity index (χ4v) is 2.39. The minimum absolute atomic E-state index is 0.0240. The van der Waals surface area contributed by atoms with Crippen LogP contribution in [0.5, 0.6) is 0 Å². The molecule has 0 amide bonds. The molecule has 1 saturated carbocycles. The SMILES string of the molecule is C=CC[C@H](N)COC1CCC(C(=O)OC(C)(C)C)CC1. The van der Waals surface area contributed by atoms with E-state index in [0.717, 1.165) is 32.1 Å². The number of hydrogen-bond donors (Lipinski definition) is 1. The van der Waals surface area contributed by atoms with E-state index in [0.29, 0.717) is 6.61 Å². The van der Waals surface area contributed by atoms with Gasteiger partial charge in [0.2, 0.25) is 0 Å². The highest BCUT2D eigenvalue weighted by molar-refractivity contribution is 5.72. The lowest BCUT2D eigenvalue weighted by atomic mass is 9.87. The minimum Gasteiger partial charge on any atom is -0.460 e. The largest absolute Gasteiger partial charge is 0.460 e. The number of rotatable bonds is 6. The van der Waals surface area contributed by atoms with Crippen molar-refractivity contribution in [2.24, 2.45) is 11.7 Å². The first-order valence-corrected chi connectivity index (χ1v) is 7.52. The molecule has 0 unspecified atom stereocenters. The molecule has 0 aromatic carbocycles. The molecule has 4 heteroatoms. The van der Waals surface area contributed by atoms with E-state index in [2.05, 4.69) is 6.58 Å². The molecule has 0 aromatic heterocycles. The quantitative estimate of drug-likeness (QED) is 0.601. The Morgan fingerprint density at radius 3 is 2.45 bits per heavy atom. The molecule has 0 radical (unpaired) electrons. The monoisotopic (exact) mass is 283 g/mol. The van der Waals surface area contributed by atoms with Crippen molar-refractivity contribution in [3.63, 3.8) is 0 Å². The Bertz CT molecular complexity index is 314. The molecule has 1 atom stereocenters. The summed E-state index contributed by atoms with van der Waals surface area (Å²) >= 11 is 0. The van der Waals surface area contributed by atoms with E-state index in [-0.39, 0.29) is 24.0 Å². The second kappa shape index (κ2) is 7.79. The second-order valence-electron chi connectivity index (χ2n) is 6.62. The summed E-state index contributed by atoms with van der Waals surface area (Å²) in [4.78, 5) is 12.0. The molecule has 1 rings (SSSR count). The Morgan fingerprint density at radius 2 is 1.95 bits per heavy atom. The summed E-state index contributed by atoms with van der Waals surface area (Å²) in [6.07, 6.45) is 6.31. The topological polar surface area (TPSA) is 61.5 Å². The zero-order valence-electron chi connectivity index (χ0n) is 13.1. The van der Waals surface area contributed by atoms with Crippen molar-refractivity contribution in [3.8, 4) is 0 Å². The number of carbonyl (C=O) groups excluding carboxylic acids is 1. The smallest absolute Gasteiger partial charge is 0.309 e. The lowest BCUT2D eigenvalue weighted by Gasteiger charge is -2.30. The molecule has 0 aromatic rings. The van der Waals surface area contributed by atoms with Crippen LogP contribution in [0.3, 0.4) is 0 Å². The molecular formula is C16H29NO3. The van der Waals surface area contributed by atoms with E-state index in [1.54, 1.807) is 0 Å². The maximum atomic E-state index is 12.0. The highest BCUT2D eigenvalue weighted by Crippen LogP contribution is 2.28. The molecule has 1 aliphatic rings. The molecule has 0 saturated heterocycles. The van der Waals surface area contributed by atoms with Crippen LogP contribution in [-0.2, 0) is 14.3 Å². The molecule has 0 spiro atoms. The maximum absolute atomic E-state index is 12.0. The van der Waals surface area contributed by atoms with Crippen molar-refractivity contribution in [1.29, 1.82) is 0 Å². The van der Waals surface area contributed by atoms with Gasteiger partial charge in [-0.15, -0.1) is 6.58 Å². The van der Waals surface area contributed by atoms with Crippen molar-refractivity contribution in [2.45, 2.75) is 70.6 Å². The molecule has 0 heterocycles. The van der Waals surface area contributed by atoms with Crippen LogP contribution < -0.4 is 5.73 Å². The summed E-state index contributed by atoms with van der Waals surface area (Å²) in [5, 5.41) is 0. The van der Waals surface area contributed by atoms with Crippen LogP contribution in [0.4, 0.5) is 0 Å².